The third-order valence-electron chi connectivity index (χ3n) is 2.14. The molecule has 0 aliphatic rings. The fourth-order valence-electron chi connectivity index (χ4n) is 0.983. The quantitative estimate of drug-likeness (QED) is 0.757. The van der Waals surface area contributed by atoms with Gasteiger partial charge in [-0.2, -0.15) is 0 Å². The van der Waals surface area contributed by atoms with Crippen molar-refractivity contribution in [2.75, 3.05) is 0 Å². The Labute approximate surface area is 82.2 Å². The van der Waals surface area contributed by atoms with E-state index in [-0.39, 0.29) is 5.78 Å². The summed E-state index contributed by atoms with van der Waals surface area (Å²) >= 11 is 1.43. The fraction of sp³-hybridized carbons (Fsp3) is 0.500. The molecule has 0 fully saturated rings. The Morgan fingerprint density at radius 2 is 2.23 bits per heavy atom. The molecule has 1 unspecified atom stereocenters. The molecule has 13 heavy (non-hydrogen) atoms. The van der Waals surface area contributed by atoms with Gasteiger partial charge in [0.15, 0.2) is 0 Å². The number of aryl methyl sites for hydroxylation is 1. The molecule has 0 saturated carbocycles. The number of carbonyl (C=O) groups excluding carboxylic acids is 1. The monoisotopic (exact) mass is 198 g/mol. The van der Waals surface area contributed by atoms with Crippen molar-refractivity contribution in [3.8, 4) is 0 Å². The molecule has 0 aromatic carbocycles. The van der Waals surface area contributed by atoms with Gasteiger partial charge in [-0.15, -0.1) is 11.3 Å². The average Bonchev–Trinajstić information content (AvgIpc) is 2.50. The van der Waals surface area contributed by atoms with Crippen LogP contribution in [0, 0.1) is 6.92 Å². The van der Waals surface area contributed by atoms with Crippen LogP contribution in [-0.2, 0) is 0 Å². The van der Waals surface area contributed by atoms with E-state index in [1.807, 2.05) is 13.0 Å². The van der Waals surface area contributed by atoms with Gasteiger partial charge in [0.05, 0.1) is 4.88 Å². The van der Waals surface area contributed by atoms with Crippen molar-refractivity contribution in [3.05, 3.63) is 21.9 Å². The van der Waals surface area contributed by atoms with E-state index >= 15 is 0 Å². The number of thiophene rings is 1. The number of hydrogen-bond donors (Lipinski definition) is 1. The van der Waals surface area contributed by atoms with Gasteiger partial charge in [-0.1, -0.05) is 6.92 Å². The highest BCUT2D eigenvalue weighted by molar-refractivity contribution is 7.14. The zero-order valence-electron chi connectivity index (χ0n) is 8.13. The van der Waals surface area contributed by atoms with Crippen molar-refractivity contribution < 1.29 is 9.90 Å². The minimum Gasteiger partial charge on any atom is -0.382 e. The second-order valence-electron chi connectivity index (χ2n) is 3.37. The molecule has 72 valence electrons. The molecule has 1 atom stereocenters. The van der Waals surface area contributed by atoms with E-state index in [0.29, 0.717) is 11.3 Å². The van der Waals surface area contributed by atoms with E-state index < -0.39 is 5.60 Å². The summed E-state index contributed by atoms with van der Waals surface area (Å²) in [6.07, 6.45) is 0.447. The molecule has 0 aliphatic heterocycles. The molecule has 1 rings (SSSR count). The van der Waals surface area contributed by atoms with Crippen LogP contribution < -0.4 is 0 Å². The van der Waals surface area contributed by atoms with Crippen LogP contribution in [0.15, 0.2) is 12.1 Å². The normalized spacial score (nSPS) is 15.4. The highest BCUT2D eigenvalue weighted by Crippen LogP contribution is 2.22. The molecule has 1 aromatic heterocycles. The number of Topliss-reactive ketones (excluding diaryl/α,β-unsaturated/α-hetero) is 1. The van der Waals surface area contributed by atoms with Crippen LogP contribution in [0.1, 0.15) is 34.8 Å². The number of hydrogen-bond acceptors (Lipinski definition) is 3. The van der Waals surface area contributed by atoms with Crippen LogP contribution in [0.25, 0.3) is 0 Å². The van der Waals surface area contributed by atoms with Gasteiger partial charge in [-0.3, -0.25) is 4.79 Å². The Morgan fingerprint density at radius 1 is 1.62 bits per heavy atom. The molecule has 0 saturated heterocycles. The van der Waals surface area contributed by atoms with Crippen LogP contribution in [0.5, 0.6) is 0 Å². The summed E-state index contributed by atoms with van der Waals surface area (Å²) in [4.78, 5) is 13.4. The number of ketones is 1. The number of aliphatic hydroxyl groups is 1. The first-order valence-electron chi connectivity index (χ1n) is 4.31. The highest BCUT2D eigenvalue weighted by Gasteiger charge is 2.29. The third kappa shape index (κ3) is 2.17. The largest absolute Gasteiger partial charge is 0.382 e. The minimum atomic E-state index is -1.21. The van der Waals surface area contributed by atoms with Crippen molar-refractivity contribution in [1.82, 2.24) is 0 Å². The van der Waals surface area contributed by atoms with E-state index in [9.17, 15) is 9.90 Å². The summed E-state index contributed by atoms with van der Waals surface area (Å²) in [6, 6.07) is 3.66. The second-order valence-corrected chi connectivity index (χ2v) is 4.65. The molecule has 2 nitrogen and oxygen atoms in total. The zero-order chi connectivity index (χ0) is 10.1. The first kappa shape index (κ1) is 10.4. The molecular formula is C10H14O2S. The summed E-state index contributed by atoms with van der Waals surface area (Å²) in [7, 11) is 0. The maximum absolute atomic E-state index is 11.7. The maximum Gasteiger partial charge on any atom is 0.203 e. The smallest absolute Gasteiger partial charge is 0.203 e. The molecular weight excluding hydrogens is 184 g/mol. The molecule has 1 aromatic rings. The maximum atomic E-state index is 11.7. The zero-order valence-corrected chi connectivity index (χ0v) is 8.94. The van der Waals surface area contributed by atoms with Gasteiger partial charge in [0.1, 0.15) is 5.60 Å². The molecule has 3 heteroatoms. The van der Waals surface area contributed by atoms with Gasteiger partial charge in [0, 0.05) is 4.88 Å². The van der Waals surface area contributed by atoms with Crippen LogP contribution in [0.3, 0.4) is 0 Å². The SMILES string of the molecule is CCC(C)(O)C(=O)c1ccc(C)s1. The average molecular weight is 198 g/mol. The highest BCUT2D eigenvalue weighted by atomic mass is 32.1. The first-order chi connectivity index (χ1) is 5.97. The first-order valence-corrected chi connectivity index (χ1v) is 5.12. The summed E-state index contributed by atoms with van der Waals surface area (Å²) in [6.45, 7) is 5.31. The molecule has 1 N–H and O–H groups in total. The van der Waals surface area contributed by atoms with Crippen LogP contribution in [0.2, 0.25) is 0 Å². The van der Waals surface area contributed by atoms with E-state index in [0.717, 1.165) is 4.88 Å². The predicted molar refractivity (Wildman–Crippen MR) is 54.3 cm³/mol. The summed E-state index contributed by atoms with van der Waals surface area (Å²) in [5, 5.41) is 9.71. The number of rotatable bonds is 3. The van der Waals surface area contributed by atoms with Gasteiger partial charge in [-0.25, -0.2) is 0 Å². The molecule has 0 spiro atoms. The lowest BCUT2D eigenvalue weighted by atomic mass is 9.97. The van der Waals surface area contributed by atoms with Gasteiger partial charge in [0.25, 0.3) is 0 Å². The minimum absolute atomic E-state index is 0.173. The van der Waals surface area contributed by atoms with E-state index in [2.05, 4.69) is 0 Å². The Balaban J connectivity index is 2.91. The van der Waals surface area contributed by atoms with E-state index in [1.54, 1.807) is 19.9 Å². The van der Waals surface area contributed by atoms with Gasteiger partial charge in [0.2, 0.25) is 5.78 Å². The summed E-state index contributed by atoms with van der Waals surface area (Å²) < 4.78 is 0. The van der Waals surface area contributed by atoms with Crippen LogP contribution in [-0.4, -0.2) is 16.5 Å². The molecule has 0 bridgehead atoms. The fourth-order valence-corrected chi connectivity index (χ4v) is 1.91. The number of carbonyl (C=O) groups is 1. The Hall–Kier alpha value is -0.670. The lowest BCUT2D eigenvalue weighted by Crippen LogP contribution is -2.33. The van der Waals surface area contributed by atoms with Crippen molar-refractivity contribution in [2.45, 2.75) is 32.8 Å². The van der Waals surface area contributed by atoms with E-state index in [1.165, 1.54) is 11.3 Å². The lowest BCUT2D eigenvalue weighted by Gasteiger charge is -2.18. The van der Waals surface area contributed by atoms with Crippen molar-refractivity contribution in [3.63, 3.8) is 0 Å². The Bertz CT molecular complexity index is 312. The molecule has 0 radical (unpaired) electrons. The van der Waals surface area contributed by atoms with Gasteiger partial charge < -0.3 is 5.11 Å². The summed E-state index contributed by atoms with van der Waals surface area (Å²) in [5.74, 6) is -0.173. The molecule has 0 amide bonds. The standard InChI is InChI=1S/C10H14O2S/c1-4-10(3,12)9(11)8-6-5-7(2)13-8/h5-6,12H,4H2,1-3H3. The Kier molecular flexibility index (Phi) is 2.88. The topological polar surface area (TPSA) is 37.3 Å². The second kappa shape index (κ2) is 3.60. The predicted octanol–water partition coefficient (Wildman–Crippen LogP) is 2.40. The van der Waals surface area contributed by atoms with Crippen LogP contribution >= 0.6 is 11.3 Å². The van der Waals surface area contributed by atoms with Crippen molar-refractivity contribution in [1.29, 1.82) is 0 Å². The van der Waals surface area contributed by atoms with Crippen molar-refractivity contribution >= 4 is 17.1 Å². The lowest BCUT2D eigenvalue weighted by molar-refractivity contribution is 0.0395. The molecule has 0 aliphatic carbocycles. The summed E-state index contributed by atoms with van der Waals surface area (Å²) in [5.41, 5.74) is -1.21. The third-order valence-corrected chi connectivity index (χ3v) is 3.14. The van der Waals surface area contributed by atoms with Gasteiger partial charge >= 0.3 is 0 Å². The molecule has 1 heterocycles. The van der Waals surface area contributed by atoms with Crippen LogP contribution in [0.4, 0.5) is 0 Å². The van der Waals surface area contributed by atoms with Gasteiger partial charge in [-0.05, 0) is 32.4 Å². The van der Waals surface area contributed by atoms with E-state index in [4.69, 9.17) is 0 Å². The Morgan fingerprint density at radius 3 is 2.62 bits per heavy atom. The van der Waals surface area contributed by atoms with Crippen molar-refractivity contribution in [2.24, 2.45) is 0 Å².